The van der Waals surface area contributed by atoms with E-state index in [0.29, 0.717) is 28.1 Å². The van der Waals surface area contributed by atoms with Crippen molar-refractivity contribution in [2.45, 2.75) is 0 Å². The summed E-state index contributed by atoms with van der Waals surface area (Å²) >= 11 is 0. The number of ether oxygens (including phenoxy) is 1. The number of oxazole rings is 1. The molecular weight excluding hydrogens is 316 g/mol. The number of carbonyl (C=O) groups is 2. The van der Waals surface area contributed by atoms with Crippen LogP contribution in [0.5, 0.6) is 5.75 Å². The molecule has 0 atom stereocenters. The molecule has 3 N–H and O–H groups in total. The lowest BCUT2D eigenvalue weighted by molar-refractivity contribution is -0.139. The lowest BCUT2D eigenvalue weighted by atomic mass is 10.2. The Morgan fingerprint density at radius 3 is 2.62 bits per heavy atom. The van der Waals surface area contributed by atoms with E-state index in [0.717, 1.165) is 0 Å². The van der Waals surface area contributed by atoms with Gasteiger partial charge in [0.2, 0.25) is 0 Å². The standard InChI is InChI=1S/C16H12N2O6/c19-14(20)8-23-11-4-1-9(2-5-11)15(21)17-10-3-6-13-12(7-10)18-16(22)24-13/h1-7H,8H2,(H,17,21)(H,18,22)(H,19,20). The maximum atomic E-state index is 12.2. The van der Waals surface area contributed by atoms with E-state index in [9.17, 15) is 14.4 Å². The smallest absolute Gasteiger partial charge is 0.417 e. The summed E-state index contributed by atoms with van der Waals surface area (Å²) in [6, 6.07) is 10.8. The van der Waals surface area contributed by atoms with Crippen molar-refractivity contribution in [2.24, 2.45) is 0 Å². The Bertz CT molecular complexity index is 955. The molecule has 0 fully saturated rings. The van der Waals surface area contributed by atoms with Gasteiger partial charge in [-0.3, -0.25) is 9.78 Å². The van der Waals surface area contributed by atoms with Gasteiger partial charge in [-0.05, 0) is 42.5 Å². The Hall–Kier alpha value is -3.55. The molecule has 122 valence electrons. The number of rotatable bonds is 5. The Labute approximate surface area is 134 Å². The molecule has 8 nitrogen and oxygen atoms in total. The Kier molecular flexibility index (Phi) is 4.02. The summed E-state index contributed by atoms with van der Waals surface area (Å²) in [5.74, 6) is -1.65. The highest BCUT2D eigenvalue weighted by Crippen LogP contribution is 2.18. The van der Waals surface area contributed by atoms with Gasteiger partial charge in [0.05, 0.1) is 5.52 Å². The molecule has 0 saturated carbocycles. The highest BCUT2D eigenvalue weighted by Gasteiger charge is 2.08. The number of carbonyl (C=O) groups excluding carboxylic acids is 1. The van der Waals surface area contributed by atoms with E-state index < -0.39 is 18.3 Å². The van der Waals surface area contributed by atoms with Crippen molar-refractivity contribution in [3.8, 4) is 5.75 Å². The number of amides is 1. The minimum Gasteiger partial charge on any atom is -0.482 e. The minimum absolute atomic E-state index is 0.353. The number of benzene rings is 2. The van der Waals surface area contributed by atoms with Gasteiger partial charge in [-0.1, -0.05) is 0 Å². The number of hydrogen-bond acceptors (Lipinski definition) is 5. The van der Waals surface area contributed by atoms with Crippen molar-refractivity contribution in [3.05, 3.63) is 58.6 Å². The molecule has 1 aromatic heterocycles. The fourth-order valence-corrected chi connectivity index (χ4v) is 2.08. The second-order valence-corrected chi connectivity index (χ2v) is 4.89. The number of aromatic amines is 1. The van der Waals surface area contributed by atoms with Crippen molar-refractivity contribution >= 4 is 28.7 Å². The number of anilines is 1. The number of aliphatic carboxylic acids is 1. The molecule has 0 spiro atoms. The molecular formula is C16H12N2O6. The fourth-order valence-electron chi connectivity index (χ4n) is 2.08. The molecule has 0 aliphatic heterocycles. The van der Waals surface area contributed by atoms with Crippen LogP contribution < -0.4 is 15.8 Å². The second-order valence-electron chi connectivity index (χ2n) is 4.89. The van der Waals surface area contributed by atoms with Crippen LogP contribution in [0.1, 0.15) is 10.4 Å². The highest BCUT2D eigenvalue weighted by molar-refractivity contribution is 6.04. The predicted molar refractivity (Wildman–Crippen MR) is 84.4 cm³/mol. The van der Waals surface area contributed by atoms with Crippen LogP contribution in [0.25, 0.3) is 11.1 Å². The van der Waals surface area contributed by atoms with Gasteiger partial charge >= 0.3 is 11.7 Å². The number of H-pyrrole nitrogens is 1. The molecule has 0 bridgehead atoms. The van der Waals surface area contributed by atoms with Crippen molar-refractivity contribution < 1.29 is 23.8 Å². The molecule has 3 rings (SSSR count). The largest absolute Gasteiger partial charge is 0.482 e. The van der Waals surface area contributed by atoms with E-state index >= 15 is 0 Å². The molecule has 1 heterocycles. The molecule has 0 aliphatic rings. The third-order valence-electron chi connectivity index (χ3n) is 3.16. The summed E-state index contributed by atoms with van der Waals surface area (Å²) in [5.41, 5.74) is 1.75. The second kappa shape index (κ2) is 6.29. The van der Waals surface area contributed by atoms with Gasteiger partial charge in [-0.15, -0.1) is 0 Å². The molecule has 2 aromatic carbocycles. The molecule has 8 heteroatoms. The third kappa shape index (κ3) is 3.43. The van der Waals surface area contributed by atoms with Gasteiger partial charge in [-0.2, -0.15) is 0 Å². The lowest BCUT2D eigenvalue weighted by Gasteiger charge is -2.07. The summed E-state index contributed by atoms with van der Waals surface area (Å²) < 4.78 is 9.88. The van der Waals surface area contributed by atoms with Crippen LogP contribution in [0.4, 0.5) is 5.69 Å². The first-order chi connectivity index (χ1) is 11.5. The maximum absolute atomic E-state index is 12.2. The monoisotopic (exact) mass is 328 g/mol. The van der Waals surface area contributed by atoms with Crippen molar-refractivity contribution in [1.82, 2.24) is 4.98 Å². The first-order valence-corrected chi connectivity index (χ1v) is 6.90. The van der Waals surface area contributed by atoms with E-state index in [4.69, 9.17) is 14.3 Å². The zero-order valence-electron chi connectivity index (χ0n) is 12.2. The van der Waals surface area contributed by atoms with E-state index in [1.54, 1.807) is 18.2 Å². The predicted octanol–water partition coefficient (Wildman–Crippen LogP) is 1.84. The first-order valence-electron chi connectivity index (χ1n) is 6.90. The van der Waals surface area contributed by atoms with Gasteiger partial charge < -0.3 is 19.6 Å². The maximum Gasteiger partial charge on any atom is 0.417 e. The van der Waals surface area contributed by atoms with Gasteiger partial charge in [0.25, 0.3) is 5.91 Å². The first kappa shape index (κ1) is 15.3. The number of hydrogen-bond donors (Lipinski definition) is 3. The lowest BCUT2D eigenvalue weighted by Crippen LogP contribution is -2.12. The summed E-state index contributed by atoms with van der Waals surface area (Å²) in [4.78, 5) is 36.2. The van der Waals surface area contributed by atoms with Crippen molar-refractivity contribution in [1.29, 1.82) is 0 Å². The zero-order chi connectivity index (χ0) is 17.1. The van der Waals surface area contributed by atoms with Crippen LogP contribution in [0.2, 0.25) is 0 Å². The molecule has 24 heavy (non-hydrogen) atoms. The van der Waals surface area contributed by atoms with Gasteiger partial charge in [0.1, 0.15) is 5.75 Å². The average molecular weight is 328 g/mol. The van der Waals surface area contributed by atoms with Crippen LogP contribution in [0.15, 0.2) is 51.7 Å². The van der Waals surface area contributed by atoms with E-state index in [1.165, 1.54) is 24.3 Å². The van der Waals surface area contributed by atoms with Gasteiger partial charge in [0.15, 0.2) is 12.2 Å². The van der Waals surface area contributed by atoms with E-state index in [1.807, 2.05) is 0 Å². The Morgan fingerprint density at radius 2 is 1.92 bits per heavy atom. The highest BCUT2D eigenvalue weighted by atomic mass is 16.5. The molecule has 0 saturated heterocycles. The Morgan fingerprint density at radius 1 is 1.17 bits per heavy atom. The SMILES string of the molecule is O=C(O)COc1ccc(C(=O)Nc2ccc3oc(=O)[nH]c3c2)cc1. The molecule has 0 aliphatic carbocycles. The quantitative estimate of drug-likeness (QED) is 0.657. The number of carboxylic acid groups (broad SMARTS) is 1. The van der Waals surface area contributed by atoms with Crippen molar-refractivity contribution in [2.75, 3.05) is 11.9 Å². The van der Waals surface area contributed by atoms with Crippen molar-refractivity contribution in [3.63, 3.8) is 0 Å². The summed E-state index contributed by atoms with van der Waals surface area (Å²) in [6.07, 6.45) is 0. The third-order valence-corrected chi connectivity index (χ3v) is 3.16. The molecule has 0 radical (unpaired) electrons. The summed E-state index contributed by atoms with van der Waals surface area (Å²) in [6.45, 7) is -0.450. The topological polar surface area (TPSA) is 122 Å². The van der Waals surface area contributed by atoms with Crippen LogP contribution in [-0.4, -0.2) is 28.6 Å². The van der Waals surface area contributed by atoms with Crippen LogP contribution in [0, 0.1) is 0 Å². The normalized spacial score (nSPS) is 10.5. The number of carboxylic acids is 1. The average Bonchev–Trinajstić information content (AvgIpc) is 2.92. The number of nitrogens with one attached hydrogen (secondary N) is 2. The minimum atomic E-state index is -1.08. The van der Waals surface area contributed by atoms with Gasteiger partial charge in [0, 0.05) is 11.3 Å². The zero-order valence-corrected chi connectivity index (χ0v) is 12.2. The fraction of sp³-hybridized carbons (Fsp3) is 0.0625. The van der Waals surface area contributed by atoms with Crippen LogP contribution in [-0.2, 0) is 4.79 Å². The molecule has 1 amide bonds. The molecule has 3 aromatic rings. The molecule has 0 unspecified atom stereocenters. The Balaban J connectivity index is 1.71. The van der Waals surface area contributed by atoms with Gasteiger partial charge in [-0.25, -0.2) is 9.59 Å². The number of fused-ring (bicyclic) bond motifs is 1. The summed E-state index contributed by atoms with van der Waals surface area (Å²) in [5, 5.41) is 11.2. The van der Waals surface area contributed by atoms with Crippen LogP contribution >= 0.6 is 0 Å². The van der Waals surface area contributed by atoms with E-state index in [2.05, 4.69) is 10.3 Å². The summed E-state index contributed by atoms with van der Waals surface area (Å²) in [7, 11) is 0. The number of aromatic nitrogens is 1. The van der Waals surface area contributed by atoms with Crippen LogP contribution in [0.3, 0.4) is 0 Å². The van der Waals surface area contributed by atoms with E-state index in [-0.39, 0.29) is 5.91 Å².